The number of carbonyl (C=O) groups is 2. The van der Waals surface area contributed by atoms with E-state index in [1.165, 1.54) is 135 Å². The number of phosphoric acid groups is 1. The lowest BCUT2D eigenvalue weighted by Crippen LogP contribution is -2.29. The topological polar surface area (TPSA) is 134 Å². The molecule has 0 saturated carbocycles. The second-order valence-corrected chi connectivity index (χ2v) is 15.0. The zero-order valence-electron chi connectivity index (χ0n) is 31.2. The van der Waals surface area contributed by atoms with Gasteiger partial charge in [-0.2, -0.15) is 0 Å². The van der Waals surface area contributed by atoms with Gasteiger partial charge in [-0.15, -0.1) is 0 Å². The molecule has 0 fully saturated rings. The van der Waals surface area contributed by atoms with Crippen molar-refractivity contribution in [1.29, 1.82) is 0 Å². The molecule has 0 radical (unpaired) electrons. The number of unbranched alkanes of at least 4 members (excludes halogenated alkanes) is 25. The average molecular weight is 706 g/mol. The van der Waals surface area contributed by atoms with Crippen LogP contribution in [0.1, 0.15) is 200 Å². The van der Waals surface area contributed by atoms with Gasteiger partial charge in [0.1, 0.15) is 6.61 Å². The Morgan fingerprint density at radius 1 is 0.542 bits per heavy atom. The molecular weight excluding hydrogens is 629 g/mol. The molecule has 0 heterocycles. The SMILES string of the molecule is CCCCCCCCCCCCCCCCCCCCCCC(=O)O[C@H](COC(=O)CCCCCCCCC)COP(=O)(O)OCCN. The average Bonchev–Trinajstić information content (AvgIpc) is 3.07. The molecule has 0 aliphatic heterocycles. The van der Waals surface area contributed by atoms with Gasteiger partial charge in [-0.05, 0) is 12.8 Å². The standard InChI is InChI=1S/C38H76NO8P/c1-3-5-7-9-11-12-13-14-15-16-17-18-19-20-21-22-23-25-27-29-31-38(41)47-36(35-46-48(42,43)45-33-32-39)34-44-37(40)30-28-26-24-10-8-6-4-2/h36H,3-35,39H2,1-2H3,(H,42,43)/t36-/m1/s1. The summed E-state index contributed by atoms with van der Waals surface area (Å²) in [5.74, 6) is -0.824. The van der Waals surface area contributed by atoms with Crippen molar-refractivity contribution in [2.75, 3.05) is 26.4 Å². The summed E-state index contributed by atoms with van der Waals surface area (Å²) in [5, 5.41) is 0. The smallest absolute Gasteiger partial charge is 0.462 e. The number of carbonyl (C=O) groups excluding carboxylic acids is 2. The lowest BCUT2D eigenvalue weighted by Gasteiger charge is -2.19. The molecular formula is C38H76NO8P. The van der Waals surface area contributed by atoms with Gasteiger partial charge in [0, 0.05) is 19.4 Å². The zero-order valence-corrected chi connectivity index (χ0v) is 32.1. The Bertz CT molecular complexity index is 769. The Morgan fingerprint density at radius 2 is 0.896 bits per heavy atom. The van der Waals surface area contributed by atoms with E-state index in [4.69, 9.17) is 24.3 Å². The first-order valence-electron chi connectivity index (χ1n) is 20.0. The lowest BCUT2D eigenvalue weighted by atomic mass is 10.0. The van der Waals surface area contributed by atoms with Gasteiger partial charge in [-0.25, -0.2) is 4.57 Å². The van der Waals surface area contributed by atoms with Gasteiger partial charge < -0.3 is 20.1 Å². The molecule has 0 spiro atoms. The summed E-state index contributed by atoms with van der Waals surface area (Å²) in [5.41, 5.74) is 5.32. The normalized spacial score (nSPS) is 13.3. The summed E-state index contributed by atoms with van der Waals surface area (Å²) in [6.07, 6.45) is 33.0. The van der Waals surface area contributed by atoms with Gasteiger partial charge in [-0.1, -0.05) is 174 Å². The lowest BCUT2D eigenvalue weighted by molar-refractivity contribution is -0.161. The molecule has 48 heavy (non-hydrogen) atoms. The molecule has 3 N–H and O–H groups in total. The largest absolute Gasteiger partial charge is 0.472 e. The van der Waals surface area contributed by atoms with Crippen LogP contribution >= 0.6 is 7.82 Å². The first-order valence-corrected chi connectivity index (χ1v) is 21.5. The highest BCUT2D eigenvalue weighted by molar-refractivity contribution is 7.47. The number of hydrogen-bond donors (Lipinski definition) is 2. The van der Waals surface area contributed by atoms with E-state index in [2.05, 4.69) is 13.8 Å². The van der Waals surface area contributed by atoms with Crippen LogP contribution in [0.4, 0.5) is 0 Å². The molecule has 0 aromatic heterocycles. The molecule has 0 aliphatic carbocycles. The molecule has 0 aliphatic rings. The third kappa shape index (κ3) is 34.9. The summed E-state index contributed by atoms with van der Waals surface area (Å²) in [4.78, 5) is 34.6. The Morgan fingerprint density at radius 3 is 1.27 bits per heavy atom. The van der Waals surface area contributed by atoms with E-state index < -0.39 is 26.5 Å². The molecule has 0 aromatic carbocycles. The molecule has 10 heteroatoms. The van der Waals surface area contributed by atoms with Gasteiger partial charge in [0.15, 0.2) is 6.10 Å². The number of ether oxygens (including phenoxy) is 2. The fourth-order valence-electron chi connectivity index (χ4n) is 5.75. The maximum absolute atomic E-state index is 12.5. The van der Waals surface area contributed by atoms with Crippen LogP contribution in [-0.2, 0) is 32.7 Å². The van der Waals surface area contributed by atoms with E-state index in [-0.39, 0.29) is 38.6 Å². The van der Waals surface area contributed by atoms with E-state index in [1.807, 2.05) is 0 Å². The highest BCUT2D eigenvalue weighted by Gasteiger charge is 2.26. The van der Waals surface area contributed by atoms with E-state index in [0.717, 1.165) is 32.1 Å². The van der Waals surface area contributed by atoms with E-state index >= 15 is 0 Å². The minimum Gasteiger partial charge on any atom is -0.462 e. The predicted molar refractivity (Wildman–Crippen MR) is 197 cm³/mol. The van der Waals surface area contributed by atoms with Gasteiger partial charge in [0.05, 0.1) is 13.2 Å². The summed E-state index contributed by atoms with van der Waals surface area (Å²) in [7, 11) is -4.36. The van der Waals surface area contributed by atoms with Crippen LogP contribution in [0.5, 0.6) is 0 Å². The van der Waals surface area contributed by atoms with Crippen molar-refractivity contribution in [2.24, 2.45) is 5.73 Å². The summed E-state index contributed by atoms with van der Waals surface area (Å²) in [6, 6.07) is 0. The third-order valence-corrected chi connectivity index (χ3v) is 9.73. The minimum atomic E-state index is -4.36. The van der Waals surface area contributed by atoms with Crippen molar-refractivity contribution in [3.8, 4) is 0 Å². The Kier molecular flexibility index (Phi) is 35.1. The number of rotatable bonds is 38. The Labute approximate surface area is 295 Å². The molecule has 0 bridgehead atoms. The van der Waals surface area contributed by atoms with Crippen LogP contribution in [-0.4, -0.2) is 49.3 Å². The molecule has 286 valence electrons. The van der Waals surface area contributed by atoms with Crippen molar-refractivity contribution in [3.63, 3.8) is 0 Å². The van der Waals surface area contributed by atoms with Crippen LogP contribution in [0.2, 0.25) is 0 Å². The molecule has 0 rings (SSSR count). The third-order valence-electron chi connectivity index (χ3n) is 8.74. The van der Waals surface area contributed by atoms with Crippen LogP contribution in [0.3, 0.4) is 0 Å². The fourth-order valence-corrected chi connectivity index (χ4v) is 6.52. The molecule has 9 nitrogen and oxygen atoms in total. The van der Waals surface area contributed by atoms with Crippen molar-refractivity contribution in [3.05, 3.63) is 0 Å². The van der Waals surface area contributed by atoms with Crippen LogP contribution in [0.15, 0.2) is 0 Å². The molecule has 1 unspecified atom stereocenters. The predicted octanol–water partition coefficient (Wildman–Crippen LogP) is 10.9. The summed E-state index contributed by atoms with van der Waals surface area (Å²) < 4.78 is 32.6. The maximum atomic E-state index is 12.5. The monoisotopic (exact) mass is 706 g/mol. The first-order chi connectivity index (χ1) is 23.3. The van der Waals surface area contributed by atoms with Crippen molar-refractivity contribution < 1.29 is 37.6 Å². The van der Waals surface area contributed by atoms with Crippen LogP contribution < -0.4 is 5.73 Å². The molecule has 0 saturated heterocycles. The zero-order chi connectivity index (χ0) is 35.4. The van der Waals surface area contributed by atoms with Crippen molar-refractivity contribution in [2.45, 2.75) is 206 Å². The Hall–Kier alpha value is -0.990. The highest BCUT2D eigenvalue weighted by Crippen LogP contribution is 2.43. The summed E-state index contributed by atoms with van der Waals surface area (Å²) in [6.45, 7) is 3.70. The highest BCUT2D eigenvalue weighted by atomic mass is 31.2. The van der Waals surface area contributed by atoms with E-state index in [1.54, 1.807) is 0 Å². The van der Waals surface area contributed by atoms with Gasteiger partial charge in [-0.3, -0.25) is 18.6 Å². The van der Waals surface area contributed by atoms with E-state index in [9.17, 15) is 19.0 Å². The molecule has 0 amide bonds. The second kappa shape index (κ2) is 35.8. The number of nitrogens with two attached hydrogens (primary N) is 1. The van der Waals surface area contributed by atoms with Gasteiger partial charge in [0.25, 0.3) is 0 Å². The van der Waals surface area contributed by atoms with Gasteiger partial charge >= 0.3 is 19.8 Å². The number of hydrogen-bond acceptors (Lipinski definition) is 8. The Balaban J connectivity index is 4.01. The minimum absolute atomic E-state index is 0.0576. The number of esters is 2. The summed E-state index contributed by atoms with van der Waals surface area (Å²) >= 11 is 0. The van der Waals surface area contributed by atoms with Crippen LogP contribution in [0.25, 0.3) is 0 Å². The molecule has 0 aromatic rings. The first kappa shape index (κ1) is 47.0. The van der Waals surface area contributed by atoms with Crippen LogP contribution in [0, 0.1) is 0 Å². The van der Waals surface area contributed by atoms with Crippen molar-refractivity contribution in [1.82, 2.24) is 0 Å². The van der Waals surface area contributed by atoms with Gasteiger partial charge in [0.2, 0.25) is 0 Å². The molecule has 2 atom stereocenters. The van der Waals surface area contributed by atoms with Crippen molar-refractivity contribution >= 4 is 19.8 Å². The quantitative estimate of drug-likeness (QED) is 0.0365. The number of phosphoric ester groups is 1. The van der Waals surface area contributed by atoms with E-state index in [0.29, 0.717) is 6.42 Å². The second-order valence-electron chi connectivity index (χ2n) is 13.5. The maximum Gasteiger partial charge on any atom is 0.472 e. The fraction of sp³-hybridized carbons (Fsp3) is 0.947.